The van der Waals surface area contributed by atoms with Crippen molar-refractivity contribution in [1.82, 2.24) is 14.1 Å². The van der Waals surface area contributed by atoms with Crippen LogP contribution in [0.4, 0.5) is 0 Å². The number of pyridine rings is 1. The summed E-state index contributed by atoms with van der Waals surface area (Å²) in [6, 6.07) is 67.5. The number of para-hydroxylation sites is 4. The van der Waals surface area contributed by atoms with Gasteiger partial charge in [0.25, 0.3) is 6.33 Å². The number of aromatic nitrogens is 4. The van der Waals surface area contributed by atoms with Gasteiger partial charge in [-0.1, -0.05) is 231 Å². The average Bonchev–Trinajstić information content (AvgIpc) is 2.76. The first kappa shape index (κ1) is 46.0. The van der Waals surface area contributed by atoms with Crippen molar-refractivity contribution in [2.45, 2.75) is 78.1 Å². The molecular weight excluding hydrogens is 1130 g/mol. The van der Waals surface area contributed by atoms with Crippen LogP contribution in [0.15, 0.2) is 218 Å². The molecule has 0 bridgehead atoms. The van der Waals surface area contributed by atoms with E-state index in [1.807, 2.05) is 88.1 Å². The molecule has 0 saturated heterocycles. The molecule has 0 aliphatic heterocycles. The predicted molar refractivity (Wildman–Crippen MR) is 317 cm³/mol. The summed E-state index contributed by atoms with van der Waals surface area (Å²) >= 11 is 0. The Balaban J connectivity index is 0.00000721. The van der Waals surface area contributed by atoms with Crippen LogP contribution in [0.1, 0.15) is 84.5 Å². The summed E-state index contributed by atoms with van der Waals surface area (Å²) in [5, 5.41) is 2.09. The molecular formula is C72H62N4OPt-2. The average molecular weight is 1200 g/mol. The summed E-state index contributed by atoms with van der Waals surface area (Å²) in [6.07, 6.45) is 6.48. The molecule has 0 radical (unpaired) electrons. The second-order valence-corrected chi connectivity index (χ2v) is 22.7. The Bertz CT molecular complexity index is 4400. The number of hydrogen-bond acceptors (Lipinski definition) is 2. The fourth-order valence-corrected chi connectivity index (χ4v) is 10.7. The van der Waals surface area contributed by atoms with Gasteiger partial charge in [-0.3, -0.25) is 4.57 Å². The topological polar surface area (TPSA) is 35.9 Å². The van der Waals surface area contributed by atoms with Crippen LogP contribution in [0.2, 0.25) is 0 Å². The molecule has 0 aliphatic carbocycles. The van der Waals surface area contributed by atoms with Gasteiger partial charge in [-0.05, 0) is 95.9 Å². The minimum Gasteiger partial charge on any atom is -0.510 e. The third kappa shape index (κ3) is 9.93. The molecule has 12 rings (SSSR count). The number of rotatable bonds is 11. The van der Waals surface area contributed by atoms with Gasteiger partial charge >= 0.3 is 0 Å². The number of fused-ring (bicyclic) bond motifs is 4. The van der Waals surface area contributed by atoms with E-state index in [9.17, 15) is 2.74 Å². The fourth-order valence-electron chi connectivity index (χ4n) is 10.7. The van der Waals surface area contributed by atoms with Gasteiger partial charge in [-0.15, -0.1) is 29.7 Å². The quantitative estimate of drug-likeness (QED) is 0.0956. The molecule has 78 heavy (non-hydrogen) atoms. The van der Waals surface area contributed by atoms with Crippen molar-refractivity contribution < 1.29 is 37.2 Å². The first-order chi connectivity index (χ1) is 39.2. The zero-order chi connectivity index (χ0) is 57.4. The van der Waals surface area contributed by atoms with Gasteiger partial charge in [-0.25, -0.2) is 4.98 Å². The van der Waals surface area contributed by atoms with E-state index in [4.69, 9.17) is 13.8 Å². The molecule has 0 aliphatic rings. The summed E-state index contributed by atoms with van der Waals surface area (Å²) in [6.45, 7) is 17.8. The Hall–Kier alpha value is -8.11. The Labute approximate surface area is 480 Å². The van der Waals surface area contributed by atoms with Crippen LogP contribution in [0.25, 0.3) is 83.4 Å². The normalized spacial score (nSPS) is 12.9. The molecule has 0 saturated carbocycles. The summed E-state index contributed by atoms with van der Waals surface area (Å²) in [5.74, 6) is 1.73. The molecule has 5 nitrogen and oxygen atoms in total. The summed E-state index contributed by atoms with van der Waals surface area (Å²) in [5.41, 5.74) is 13.4. The monoisotopic (exact) mass is 1200 g/mol. The van der Waals surface area contributed by atoms with Crippen LogP contribution < -0.4 is 9.30 Å². The molecule has 6 heteroatoms. The van der Waals surface area contributed by atoms with Gasteiger partial charge < -0.3 is 13.9 Å². The van der Waals surface area contributed by atoms with E-state index in [0.717, 1.165) is 78.5 Å². The molecule has 0 atom stereocenters. The third-order valence-corrected chi connectivity index (χ3v) is 14.8. The maximum atomic E-state index is 9.26. The van der Waals surface area contributed by atoms with Crippen molar-refractivity contribution in [2.24, 2.45) is 0 Å². The smallest absolute Gasteiger partial charge is 0.268 e. The number of hydrogen-bond donors (Lipinski definition) is 0. The van der Waals surface area contributed by atoms with E-state index in [0.29, 0.717) is 28.4 Å². The molecule has 388 valence electrons. The van der Waals surface area contributed by atoms with Crippen LogP contribution in [-0.2, 0) is 43.7 Å². The van der Waals surface area contributed by atoms with Gasteiger partial charge in [0.2, 0.25) is 0 Å². The van der Waals surface area contributed by atoms with E-state index < -0.39 is 18.1 Å². The van der Waals surface area contributed by atoms with Crippen LogP contribution in [0, 0.1) is 18.5 Å². The maximum absolute atomic E-state index is 9.26. The molecule has 9 aromatic carbocycles. The van der Waals surface area contributed by atoms with Gasteiger partial charge in [0.15, 0.2) is 0 Å². The minimum atomic E-state index is -0.448. The van der Waals surface area contributed by atoms with Crippen LogP contribution in [-0.4, -0.2) is 14.1 Å². The fraction of sp³-hybridized carbons (Fsp3) is 0.167. The van der Waals surface area contributed by atoms with Crippen LogP contribution in [0.3, 0.4) is 0 Å². The van der Waals surface area contributed by atoms with E-state index >= 15 is 0 Å². The SMILES string of the molecule is [2H]c1c([2H])c([2H])c(-c2cccc(-c3cc(C(C)(C)C)cc(C(C)(C)C)c3)c2-[n+]2[c-]n(-c3[c-]c(Oc4[c-]c5c(cc4)c4ccccc4n5-c4cc(CC(C)(C)c5ccccc5)c(-c5ccccc5)cn4)ccc3)c3ccccc32)c([2H])c1[2H].[Pt]. The number of nitrogens with zero attached hydrogens (tertiary/aromatic N) is 4. The van der Waals surface area contributed by atoms with Gasteiger partial charge in [0.05, 0.1) is 23.6 Å². The second-order valence-electron chi connectivity index (χ2n) is 22.7. The number of imidazole rings is 1. The summed E-state index contributed by atoms with van der Waals surface area (Å²) in [7, 11) is 0. The molecule has 12 aromatic rings. The Morgan fingerprint density at radius 1 is 0.538 bits per heavy atom. The molecule has 0 amide bonds. The van der Waals surface area contributed by atoms with E-state index in [1.54, 1.807) is 0 Å². The van der Waals surface area contributed by atoms with Gasteiger partial charge in [-0.2, -0.15) is 18.2 Å². The van der Waals surface area contributed by atoms with Crippen molar-refractivity contribution >= 4 is 32.8 Å². The Kier molecular flexibility index (Phi) is 12.2. The van der Waals surface area contributed by atoms with Crippen LogP contribution >= 0.6 is 0 Å². The minimum absolute atomic E-state index is 0. The molecule has 3 heterocycles. The van der Waals surface area contributed by atoms with Crippen molar-refractivity contribution in [2.75, 3.05) is 0 Å². The summed E-state index contributed by atoms with van der Waals surface area (Å²) < 4.78 is 57.4. The first-order valence-corrected chi connectivity index (χ1v) is 26.3. The molecule has 0 spiro atoms. The second kappa shape index (κ2) is 20.7. The van der Waals surface area contributed by atoms with Crippen LogP contribution in [0.5, 0.6) is 11.5 Å². The molecule has 0 fully saturated rings. The predicted octanol–water partition coefficient (Wildman–Crippen LogP) is 17.7. The zero-order valence-corrected chi connectivity index (χ0v) is 47.4. The zero-order valence-electron chi connectivity index (χ0n) is 50.1. The van der Waals surface area contributed by atoms with Crippen molar-refractivity contribution in [3.63, 3.8) is 0 Å². The standard InChI is InChI=1S/C72H62N4O.Pt/c1-70(2,3)54-40-51(41-55(43-54)71(4,5)6)60-34-23-33-59(49-24-12-9-13-25-49)69(60)75-48-74(65-36-20-21-37-66(65)75)56-30-22-31-57(44-56)77-58-38-39-62-61-32-18-19-35-64(61)76(67(62)45-58)68-42-52(46-72(7,8)53-28-16-11-17-29-53)63(47-73-68)50-26-14-10-15-27-50;/h9-43,47H,46H2,1-8H3;/q-2;/i9D,12D,13D,24D,25D;. The summed E-state index contributed by atoms with van der Waals surface area (Å²) in [4.78, 5) is 5.21. The third-order valence-electron chi connectivity index (χ3n) is 14.8. The van der Waals surface area contributed by atoms with Crippen molar-refractivity contribution in [3.05, 3.63) is 259 Å². The van der Waals surface area contributed by atoms with Crippen molar-refractivity contribution in [1.29, 1.82) is 0 Å². The molecule has 0 unspecified atom stereocenters. The number of ether oxygens (including phenoxy) is 1. The van der Waals surface area contributed by atoms with E-state index in [2.05, 4.69) is 188 Å². The van der Waals surface area contributed by atoms with Gasteiger partial charge in [0.1, 0.15) is 5.82 Å². The van der Waals surface area contributed by atoms with Crippen molar-refractivity contribution in [3.8, 4) is 62.1 Å². The van der Waals surface area contributed by atoms with Gasteiger partial charge in [0, 0.05) is 49.8 Å². The Morgan fingerprint density at radius 3 is 1.88 bits per heavy atom. The number of benzene rings is 9. The first-order valence-electron chi connectivity index (χ1n) is 28.8. The van der Waals surface area contributed by atoms with E-state index in [1.165, 1.54) is 11.1 Å². The largest absolute Gasteiger partial charge is 0.510 e. The molecule has 0 N–H and O–H groups in total. The maximum Gasteiger partial charge on any atom is 0.268 e. The molecule has 3 aromatic heterocycles. The Morgan fingerprint density at radius 2 is 1.17 bits per heavy atom. The van der Waals surface area contributed by atoms with E-state index in [-0.39, 0.29) is 55.0 Å².